The smallest absolute Gasteiger partial charge is 0.105 e. The molecule has 120 valence electrons. The molecule has 3 nitrogen and oxygen atoms in total. The average Bonchev–Trinajstić information content (AvgIpc) is 2.45. The molecule has 2 fully saturated rings. The summed E-state index contributed by atoms with van der Waals surface area (Å²) in [5.41, 5.74) is -0.408. The third-order valence-corrected chi connectivity index (χ3v) is 5.41. The second-order valence-corrected chi connectivity index (χ2v) is 7.79. The van der Waals surface area contributed by atoms with Crippen molar-refractivity contribution in [3.63, 3.8) is 0 Å². The van der Waals surface area contributed by atoms with E-state index in [0.717, 1.165) is 18.4 Å². The van der Waals surface area contributed by atoms with Crippen LogP contribution in [0.1, 0.15) is 72.6 Å². The lowest BCUT2D eigenvalue weighted by Gasteiger charge is -2.48. The normalized spacial score (nSPS) is 31.2. The van der Waals surface area contributed by atoms with E-state index >= 15 is 0 Å². The Kier molecular flexibility index (Phi) is 5.68. The van der Waals surface area contributed by atoms with Gasteiger partial charge in [0.25, 0.3) is 0 Å². The van der Waals surface area contributed by atoms with Crippen LogP contribution in [0.4, 0.5) is 0 Å². The predicted octanol–water partition coefficient (Wildman–Crippen LogP) is 3.70. The van der Waals surface area contributed by atoms with Crippen molar-refractivity contribution in [1.82, 2.24) is 10.2 Å². The molecule has 0 aromatic rings. The SMILES string of the molecule is CC(C)NC(C)(C#N)CC(C)N1CCCC2CCCCC21. The fraction of sp³-hybridized carbons (Fsp3) is 0.944. The van der Waals surface area contributed by atoms with Gasteiger partial charge in [-0.1, -0.05) is 12.8 Å². The van der Waals surface area contributed by atoms with Gasteiger partial charge in [-0.15, -0.1) is 0 Å². The van der Waals surface area contributed by atoms with Gasteiger partial charge in [-0.2, -0.15) is 5.26 Å². The number of fused-ring (bicyclic) bond motifs is 1. The van der Waals surface area contributed by atoms with Crippen LogP contribution in [-0.4, -0.2) is 35.1 Å². The lowest BCUT2D eigenvalue weighted by molar-refractivity contribution is 0.0227. The Morgan fingerprint density at radius 3 is 2.52 bits per heavy atom. The highest BCUT2D eigenvalue weighted by atomic mass is 15.2. The van der Waals surface area contributed by atoms with E-state index in [1.165, 1.54) is 45.1 Å². The molecule has 21 heavy (non-hydrogen) atoms. The maximum Gasteiger partial charge on any atom is 0.105 e. The Balaban J connectivity index is 2.01. The first-order valence-corrected chi connectivity index (χ1v) is 8.90. The van der Waals surface area contributed by atoms with E-state index in [0.29, 0.717) is 12.1 Å². The molecule has 0 amide bonds. The average molecular weight is 291 g/mol. The Bertz CT molecular complexity index is 371. The zero-order valence-corrected chi connectivity index (χ0v) is 14.4. The third kappa shape index (κ3) is 4.20. The van der Waals surface area contributed by atoms with Crippen LogP contribution in [0, 0.1) is 17.2 Å². The second kappa shape index (κ2) is 7.11. The molecule has 0 spiro atoms. The van der Waals surface area contributed by atoms with Crippen molar-refractivity contribution >= 4 is 0 Å². The van der Waals surface area contributed by atoms with Crippen LogP contribution in [-0.2, 0) is 0 Å². The first-order chi connectivity index (χ1) is 9.95. The maximum atomic E-state index is 9.58. The van der Waals surface area contributed by atoms with E-state index in [1.807, 2.05) is 0 Å². The molecule has 0 aromatic carbocycles. The number of hydrogen-bond acceptors (Lipinski definition) is 3. The van der Waals surface area contributed by atoms with Gasteiger partial charge in [-0.3, -0.25) is 10.2 Å². The van der Waals surface area contributed by atoms with Crippen LogP contribution in [0.3, 0.4) is 0 Å². The standard InChI is InChI=1S/C18H33N3/c1-14(2)20-18(4,13-19)12-15(3)21-11-7-9-16-8-5-6-10-17(16)21/h14-17,20H,5-12H2,1-4H3. The van der Waals surface area contributed by atoms with Crippen LogP contribution in [0.15, 0.2) is 0 Å². The third-order valence-electron chi connectivity index (χ3n) is 5.41. The zero-order chi connectivity index (χ0) is 15.5. The topological polar surface area (TPSA) is 39.1 Å². The maximum absolute atomic E-state index is 9.58. The highest BCUT2D eigenvalue weighted by molar-refractivity contribution is 5.06. The Morgan fingerprint density at radius 2 is 1.86 bits per heavy atom. The first-order valence-electron chi connectivity index (χ1n) is 8.90. The lowest BCUT2D eigenvalue weighted by atomic mass is 9.77. The van der Waals surface area contributed by atoms with Crippen molar-refractivity contribution in [2.45, 2.75) is 96.3 Å². The molecule has 1 heterocycles. The molecule has 3 heteroatoms. The molecule has 0 aromatic heterocycles. The van der Waals surface area contributed by atoms with Crippen LogP contribution in [0.2, 0.25) is 0 Å². The number of piperidine rings is 1. The summed E-state index contributed by atoms with van der Waals surface area (Å²) in [6.07, 6.45) is 9.30. The van der Waals surface area contributed by atoms with Crippen LogP contribution in [0.25, 0.3) is 0 Å². The minimum Gasteiger partial charge on any atom is -0.297 e. The highest BCUT2D eigenvalue weighted by Crippen LogP contribution is 2.37. The molecule has 0 bridgehead atoms. The van der Waals surface area contributed by atoms with Gasteiger partial charge < -0.3 is 0 Å². The summed E-state index contributed by atoms with van der Waals surface area (Å²) in [6, 6.07) is 4.14. The summed E-state index contributed by atoms with van der Waals surface area (Å²) in [4.78, 5) is 2.73. The molecule has 1 saturated heterocycles. The molecule has 1 N–H and O–H groups in total. The summed E-state index contributed by atoms with van der Waals surface area (Å²) in [5.74, 6) is 0.918. The minimum absolute atomic E-state index is 0.352. The molecular weight excluding hydrogens is 258 g/mol. The van der Waals surface area contributed by atoms with Gasteiger partial charge in [0.15, 0.2) is 0 Å². The molecule has 1 aliphatic heterocycles. The molecule has 1 aliphatic carbocycles. The molecule has 0 radical (unpaired) electrons. The molecule has 4 atom stereocenters. The molecule has 1 saturated carbocycles. The van der Waals surface area contributed by atoms with Crippen LogP contribution < -0.4 is 5.32 Å². The summed E-state index contributed by atoms with van der Waals surface area (Å²) in [6.45, 7) is 9.86. The number of nitriles is 1. The first kappa shape index (κ1) is 16.8. The summed E-state index contributed by atoms with van der Waals surface area (Å²) >= 11 is 0. The Labute approximate surface area is 131 Å². The number of hydrogen-bond donors (Lipinski definition) is 1. The molecule has 2 rings (SSSR count). The summed E-state index contributed by atoms with van der Waals surface area (Å²) < 4.78 is 0. The van der Waals surface area contributed by atoms with Crippen LogP contribution in [0.5, 0.6) is 0 Å². The van der Waals surface area contributed by atoms with Gasteiger partial charge in [0.05, 0.1) is 6.07 Å². The van der Waals surface area contributed by atoms with Gasteiger partial charge in [0.2, 0.25) is 0 Å². The van der Waals surface area contributed by atoms with Crippen molar-refractivity contribution in [3.05, 3.63) is 0 Å². The molecular formula is C18H33N3. The van der Waals surface area contributed by atoms with Crippen molar-refractivity contribution in [2.24, 2.45) is 5.92 Å². The van der Waals surface area contributed by atoms with Gasteiger partial charge in [-0.05, 0) is 72.3 Å². The van der Waals surface area contributed by atoms with Crippen molar-refractivity contribution in [1.29, 1.82) is 5.26 Å². The van der Waals surface area contributed by atoms with E-state index < -0.39 is 5.54 Å². The largest absolute Gasteiger partial charge is 0.297 e. The highest BCUT2D eigenvalue weighted by Gasteiger charge is 2.37. The van der Waals surface area contributed by atoms with E-state index in [-0.39, 0.29) is 0 Å². The van der Waals surface area contributed by atoms with E-state index in [9.17, 15) is 5.26 Å². The monoisotopic (exact) mass is 291 g/mol. The fourth-order valence-electron chi connectivity index (χ4n) is 4.69. The van der Waals surface area contributed by atoms with E-state index in [1.54, 1.807) is 0 Å². The van der Waals surface area contributed by atoms with Crippen LogP contribution >= 0.6 is 0 Å². The minimum atomic E-state index is -0.408. The second-order valence-electron chi connectivity index (χ2n) is 7.79. The quantitative estimate of drug-likeness (QED) is 0.839. The van der Waals surface area contributed by atoms with Crippen molar-refractivity contribution < 1.29 is 0 Å². The van der Waals surface area contributed by atoms with Crippen molar-refractivity contribution in [2.75, 3.05) is 6.54 Å². The van der Waals surface area contributed by atoms with Gasteiger partial charge in [-0.25, -0.2) is 0 Å². The number of likely N-dealkylation sites (tertiary alicyclic amines) is 1. The Morgan fingerprint density at radius 1 is 1.19 bits per heavy atom. The summed E-state index contributed by atoms with van der Waals surface area (Å²) in [7, 11) is 0. The molecule has 2 aliphatic rings. The van der Waals surface area contributed by atoms with E-state index in [4.69, 9.17) is 0 Å². The number of nitrogens with one attached hydrogen (secondary N) is 1. The van der Waals surface area contributed by atoms with E-state index in [2.05, 4.69) is 44.0 Å². The van der Waals surface area contributed by atoms with Gasteiger partial charge in [0, 0.05) is 18.1 Å². The predicted molar refractivity (Wildman–Crippen MR) is 88.1 cm³/mol. The zero-order valence-electron chi connectivity index (χ0n) is 14.4. The van der Waals surface area contributed by atoms with Crippen molar-refractivity contribution in [3.8, 4) is 6.07 Å². The Hall–Kier alpha value is -0.590. The van der Waals surface area contributed by atoms with Gasteiger partial charge in [0.1, 0.15) is 5.54 Å². The molecule has 4 unspecified atom stereocenters. The lowest BCUT2D eigenvalue weighted by Crippen LogP contribution is -2.55. The van der Waals surface area contributed by atoms with Gasteiger partial charge >= 0.3 is 0 Å². The fourth-order valence-corrected chi connectivity index (χ4v) is 4.69. The summed E-state index contributed by atoms with van der Waals surface area (Å²) in [5, 5.41) is 13.0. The number of rotatable bonds is 5. The number of nitrogens with zero attached hydrogens (tertiary/aromatic N) is 2.